The van der Waals surface area contributed by atoms with E-state index in [0.717, 1.165) is 51.4 Å². The maximum atomic E-state index is 13.3. The smallest absolute Gasteiger partial charge is 0.436 e. The van der Waals surface area contributed by atoms with Crippen LogP contribution >= 0.6 is 0 Å². The van der Waals surface area contributed by atoms with Crippen LogP contribution in [0.25, 0.3) is 0 Å². The largest absolute Gasteiger partial charge is 0.451 e. The third-order valence-corrected chi connectivity index (χ3v) is 4.72. The molecular weight excluding hydrogens is 327 g/mol. The highest BCUT2D eigenvalue weighted by atomic mass is 19.4. The van der Waals surface area contributed by atoms with E-state index in [1.54, 1.807) is 0 Å². The molecular formula is C20H34F3NO. The summed E-state index contributed by atoms with van der Waals surface area (Å²) in [6.45, 7) is 5.82. The van der Waals surface area contributed by atoms with E-state index in [2.05, 4.69) is 18.8 Å². The molecule has 0 unspecified atom stereocenters. The van der Waals surface area contributed by atoms with E-state index in [0.29, 0.717) is 0 Å². The van der Waals surface area contributed by atoms with Gasteiger partial charge in [-0.3, -0.25) is 0 Å². The van der Waals surface area contributed by atoms with Crippen LogP contribution in [0.3, 0.4) is 0 Å². The van der Waals surface area contributed by atoms with E-state index < -0.39 is 11.9 Å². The molecule has 0 spiro atoms. The third-order valence-electron chi connectivity index (χ3n) is 4.72. The molecule has 1 heterocycles. The molecule has 0 fully saturated rings. The van der Waals surface area contributed by atoms with Crippen LogP contribution in [-0.2, 0) is 6.18 Å². The summed E-state index contributed by atoms with van der Waals surface area (Å²) in [7, 11) is 0. The van der Waals surface area contributed by atoms with Crippen molar-refractivity contribution in [1.82, 2.24) is 4.98 Å². The Hall–Kier alpha value is -1.00. The molecule has 2 nitrogen and oxygen atoms in total. The van der Waals surface area contributed by atoms with E-state index >= 15 is 0 Å². The Balaban J connectivity index is 2.72. The number of nitrogens with zero attached hydrogens (tertiary/aromatic N) is 1. The first kappa shape index (κ1) is 22.0. The molecule has 5 heteroatoms. The SMILES string of the molecule is CCCCCCCC(CCCCCCC)c1nc(C)oc1C(F)(F)F. The van der Waals surface area contributed by atoms with E-state index in [1.165, 1.54) is 32.6 Å². The van der Waals surface area contributed by atoms with Crippen molar-refractivity contribution in [2.45, 2.75) is 110 Å². The molecule has 0 saturated heterocycles. The molecule has 0 aromatic carbocycles. The lowest BCUT2D eigenvalue weighted by atomic mass is 9.90. The van der Waals surface area contributed by atoms with Crippen molar-refractivity contribution in [1.29, 1.82) is 0 Å². The number of unbranched alkanes of at least 4 members (excludes halogenated alkanes) is 8. The summed E-state index contributed by atoms with van der Waals surface area (Å²) in [5.74, 6) is -0.904. The second-order valence-electron chi connectivity index (χ2n) is 7.05. The van der Waals surface area contributed by atoms with Gasteiger partial charge in [0.05, 0.1) is 5.69 Å². The van der Waals surface area contributed by atoms with Gasteiger partial charge in [0.15, 0.2) is 5.89 Å². The summed E-state index contributed by atoms with van der Waals surface area (Å²) in [6.07, 6.45) is 8.20. The van der Waals surface area contributed by atoms with Crippen LogP contribution in [0.4, 0.5) is 13.2 Å². The zero-order valence-corrected chi connectivity index (χ0v) is 16.1. The van der Waals surface area contributed by atoms with Crippen LogP contribution in [0.2, 0.25) is 0 Å². The molecule has 146 valence electrons. The lowest BCUT2D eigenvalue weighted by Crippen LogP contribution is -2.11. The van der Waals surface area contributed by atoms with E-state index in [9.17, 15) is 13.2 Å². The average molecular weight is 361 g/mol. The molecule has 0 aliphatic rings. The van der Waals surface area contributed by atoms with Crippen molar-refractivity contribution < 1.29 is 17.6 Å². The number of aromatic nitrogens is 1. The van der Waals surface area contributed by atoms with Gasteiger partial charge < -0.3 is 4.42 Å². The predicted molar refractivity (Wildman–Crippen MR) is 95.7 cm³/mol. The van der Waals surface area contributed by atoms with Gasteiger partial charge in [0.1, 0.15) is 0 Å². The normalized spacial score (nSPS) is 12.3. The Morgan fingerprint density at radius 3 is 1.76 bits per heavy atom. The second-order valence-corrected chi connectivity index (χ2v) is 7.05. The molecule has 0 saturated carbocycles. The number of oxazole rings is 1. The number of hydrogen-bond acceptors (Lipinski definition) is 2. The fraction of sp³-hybridized carbons (Fsp3) is 0.850. The second kappa shape index (κ2) is 11.6. The van der Waals surface area contributed by atoms with Gasteiger partial charge in [0, 0.05) is 12.8 Å². The topological polar surface area (TPSA) is 26.0 Å². The monoisotopic (exact) mass is 361 g/mol. The minimum atomic E-state index is -4.46. The van der Waals surface area contributed by atoms with Gasteiger partial charge in [0.2, 0.25) is 5.76 Å². The Kier molecular flexibility index (Phi) is 10.2. The predicted octanol–water partition coefficient (Wildman–Crippen LogP) is 7.81. The van der Waals surface area contributed by atoms with Gasteiger partial charge >= 0.3 is 6.18 Å². The third kappa shape index (κ3) is 8.28. The van der Waals surface area contributed by atoms with Gasteiger partial charge in [-0.15, -0.1) is 0 Å². The minimum absolute atomic E-state index is 0.115. The molecule has 1 rings (SSSR count). The van der Waals surface area contributed by atoms with Gasteiger partial charge in [0.25, 0.3) is 0 Å². The zero-order valence-electron chi connectivity index (χ0n) is 16.1. The van der Waals surface area contributed by atoms with Crippen LogP contribution in [0, 0.1) is 6.92 Å². The summed E-state index contributed by atoms with van der Waals surface area (Å²) in [5, 5.41) is 0. The van der Waals surface area contributed by atoms with Crippen LogP contribution < -0.4 is 0 Å². The molecule has 0 aliphatic heterocycles. The number of rotatable bonds is 13. The molecule has 25 heavy (non-hydrogen) atoms. The molecule has 0 amide bonds. The summed E-state index contributed by atoms with van der Waals surface area (Å²) in [5.41, 5.74) is 0.135. The fourth-order valence-electron chi connectivity index (χ4n) is 3.33. The maximum Gasteiger partial charge on any atom is 0.451 e. The average Bonchev–Trinajstić information content (AvgIpc) is 2.94. The summed E-state index contributed by atoms with van der Waals surface area (Å²) < 4.78 is 44.7. The highest BCUT2D eigenvalue weighted by Gasteiger charge is 2.40. The van der Waals surface area contributed by atoms with Crippen molar-refractivity contribution in [3.05, 3.63) is 17.3 Å². The molecule has 0 atom stereocenters. The van der Waals surface area contributed by atoms with Crippen LogP contribution in [0.5, 0.6) is 0 Å². The number of halogens is 3. The molecule has 0 radical (unpaired) electrons. The highest BCUT2D eigenvalue weighted by Crippen LogP contribution is 2.39. The molecule has 1 aromatic heterocycles. The Morgan fingerprint density at radius 2 is 1.32 bits per heavy atom. The van der Waals surface area contributed by atoms with Gasteiger partial charge in [-0.1, -0.05) is 78.1 Å². The molecule has 0 aliphatic carbocycles. The summed E-state index contributed by atoms with van der Waals surface area (Å²) >= 11 is 0. The van der Waals surface area contributed by atoms with Crippen molar-refractivity contribution >= 4 is 0 Å². The standard InChI is InChI=1S/C20H34F3NO/c1-4-6-8-10-12-14-17(15-13-11-9-7-5-2)18-19(20(21,22)23)25-16(3)24-18/h17H,4-15H2,1-3H3. The van der Waals surface area contributed by atoms with Crippen molar-refractivity contribution in [3.63, 3.8) is 0 Å². The van der Waals surface area contributed by atoms with E-state index in [1.807, 2.05) is 0 Å². The lowest BCUT2D eigenvalue weighted by molar-refractivity contribution is -0.154. The number of alkyl halides is 3. The van der Waals surface area contributed by atoms with Gasteiger partial charge in [-0.25, -0.2) is 4.98 Å². The molecule has 0 N–H and O–H groups in total. The number of aryl methyl sites for hydroxylation is 1. The lowest BCUT2D eigenvalue weighted by Gasteiger charge is -2.17. The summed E-state index contributed by atoms with van der Waals surface area (Å²) in [4.78, 5) is 4.12. The van der Waals surface area contributed by atoms with Crippen LogP contribution in [0.1, 0.15) is 114 Å². The summed E-state index contributed by atoms with van der Waals surface area (Å²) in [6, 6.07) is 0. The van der Waals surface area contributed by atoms with Crippen molar-refractivity contribution in [2.24, 2.45) is 0 Å². The Labute approximate surface area is 150 Å². The Bertz CT molecular complexity index is 454. The molecule has 1 aromatic rings. The van der Waals surface area contributed by atoms with Gasteiger partial charge in [-0.2, -0.15) is 13.2 Å². The van der Waals surface area contributed by atoms with Gasteiger partial charge in [-0.05, 0) is 12.8 Å². The quantitative estimate of drug-likeness (QED) is 0.335. The first-order valence-corrected chi connectivity index (χ1v) is 9.94. The van der Waals surface area contributed by atoms with Crippen molar-refractivity contribution in [3.8, 4) is 0 Å². The first-order chi connectivity index (χ1) is 11.9. The number of hydrogen-bond donors (Lipinski definition) is 0. The van der Waals surface area contributed by atoms with Crippen molar-refractivity contribution in [2.75, 3.05) is 0 Å². The van der Waals surface area contributed by atoms with Crippen LogP contribution in [0.15, 0.2) is 4.42 Å². The fourth-order valence-corrected chi connectivity index (χ4v) is 3.33. The molecule has 0 bridgehead atoms. The van der Waals surface area contributed by atoms with E-state index in [-0.39, 0.29) is 17.5 Å². The Morgan fingerprint density at radius 1 is 0.840 bits per heavy atom. The maximum absolute atomic E-state index is 13.3. The first-order valence-electron chi connectivity index (χ1n) is 9.94. The highest BCUT2D eigenvalue weighted by molar-refractivity contribution is 5.18. The van der Waals surface area contributed by atoms with Crippen LogP contribution in [-0.4, -0.2) is 4.98 Å². The van der Waals surface area contributed by atoms with E-state index in [4.69, 9.17) is 4.42 Å². The minimum Gasteiger partial charge on any atom is -0.436 e. The zero-order chi connectivity index (χ0) is 18.7.